The number of rotatable bonds is 11. The molecule has 0 spiro atoms. The Balaban J connectivity index is 4.44. The molecule has 0 aliphatic carbocycles. The lowest BCUT2D eigenvalue weighted by atomic mass is 10.1. The average molecular weight is 263 g/mol. The first-order chi connectivity index (χ1) is 8.17. The molecular formula is C12H29NO3Si. The fraction of sp³-hybridized carbons (Fsp3) is 1.00. The molecule has 4 nitrogen and oxygen atoms in total. The van der Waals surface area contributed by atoms with E-state index in [1.54, 1.807) is 14.2 Å². The SMILES string of the molecule is CCCC(CCC)O[Si](CCCN)(OC)OC. The molecule has 0 aromatic carbocycles. The molecule has 0 fully saturated rings. The van der Waals surface area contributed by atoms with Gasteiger partial charge in [-0.3, -0.25) is 0 Å². The van der Waals surface area contributed by atoms with E-state index in [0.717, 1.165) is 38.1 Å². The molecule has 17 heavy (non-hydrogen) atoms. The van der Waals surface area contributed by atoms with Crippen molar-refractivity contribution in [2.75, 3.05) is 20.8 Å². The van der Waals surface area contributed by atoms with Gasteiger partial charge in [0.2, 0.25) is 0 Å². The highest BCUT2D eigenvalue weighted by Gasteiger charge is 2.40. The molecule has 0 aliphatic rings. The van der Waals surface area contributed by atoms with Crippen LogP contribution in [-0.4, -0.2) is 35.7 Å². The smallest absolute Gasteiger partial charge is 0.377 e. The lowest BCUT2D eigenvalue weighted by Gasteiger charge is -2.31. The zero-order valence-corrected chi connectivity index (χ0v) is 12.8. The second-order valence-corrected chi connectivity index (χ2v) is 7.22. The van der Waals surface area contributed by atoms with E-state index in [9.17, 15) is 0 Å². The molecule has 0 atom stereocenters. The van der Waals surface area contributed by atoms with Crippen LogP contribution in [0.3, 0.4) is 0 Å². The van der Waals surface area contributed by atoms with E-state index in [1.807, 2.05) is 0 Å². The molecule has 2 N–H and O–H groups in total. The quantitative estimate of drug-likeness (QED) is 0.582. The minimum Gasteiger partial charge on any atom is -0.377 e. The molecule has 0 saturated carbocycles. The Labute approximate surface area is 107 Å². The normalized spacial score (nSPS) is 12.4. The van der Waals surface area contributed by atoms with Crippen LogP contribution in [0.4, 0.5) is 0 Å². The van der Waals surface area contributed by atoms with Gasteiger partial charge >= 0.3 is 8.80 Å². The highest BCUT2D eigenvalue weighted by Crippen LogP contribution is 2.22. The van der Waals surface area contributed by atoms with Crippen molar-refractivity contribution in [1.29, 1.82) is 0 Å². The van der Waals surface area contributed by atoms with Crippen molar-refractivity contribution in [2.45, 2.75) is 58.1 Å². The lowest BCUT2D eigenvalue weighted by Crippen LogP contribution is -2.47. The third kappa shape index (κ3) is 6.52. The zero-order valence-electron chi connectivity index (χ0n) is 11.8. The predicted molar refractivity (Wildman–Crippen MR) is 72.9 cm³/mol. The summed E-state index contributed by atoms with van der Waals surface area (Å²) in [4.78, 5) is 0. The van der Waals surface area contributed by atoms with Crippen molar-refractivity contribution in [2.24, 2.45) is 5.73 Å². The molecule has 0 aliphatic heterocycles. The van der Waals surface area contributed by atoms with E-state index in [-0.39, 0.29) is 6.10 Å². The Hall–Kier alpha value is 0.0569. The molecule has 0 saturated heterocycles. The summed E-state index contributed by atoms with van der Waals surface area (Å²) in [6.07, 6.45) is 5.53. The summed E-state index contributed by atoms with van der Waals surface area (Å²) >= 11 is 0. The van der Waals surface area contributed by atoms with Gasteiger partial charge in [0.25, 0.3) is 0 Å². The van der Waals surface area contributed by atoms with Crippen LogP contribution in [0, 0.1) is 0 Å². The molecule has 5 heteroatoms. The second-order valence-electron chi connectivity index (χ2n) is 4.30. The molecule has 0 rings (SSSR count). The maximum Gasteiger partial charge on any atom is 0.500 e. The molecule has 0 aromatic rings. The topological polar surface area (TPSA) is 53.7 Å². The number of hydrogen-bond donors (Lipinski definition) is 1. The monoisotopic (exact) mass is 263 g/mol. The Kier molecular flexibility index (Phi) is 10.1. The second kappa shape index (κ2) is 10.0. The van der Waals surface area contributed by atoms with Gasteiger partial charge in [0, 0.05) is 26.4 Å². The number of nitrogens with two attached hydrogens (primary N) is 1. The summed E-state index contributed by atoms with van der Waals surface area (Å²) in [5, 5.41) is 0. The molecule has 0 bridgehead atoms. The highest BCUT2D eigenvalue weighted by molar-refractivity contribution is 6.60. The molecule has 0 aromatic heterocycles. The fourth-order valence-electron chi connectivity index (χ4n) is 1.92. The van der Waals surface area contributed by atoms with Crippen LogP contribution in [0.25, 0.3) is 0 Å². The third-order valence-electron chi connectivity index (χ3n) is 2.88. The van der Waals surface area contributed by atoms with Crippen LogP contribution in [0.15, 0.2) is 0 Å². The van der Waals surface area contributed by atoms with Crippen LogP contribution < -0.4 is 5.73 Å². The molecule has 0 heterocycles. The van der Waals surface area contributed by atoms with Crippen LogP contribution in [0.2, 0.25) is 6.04 Å². The van der Waals surface area contributed by atoms with E-state index >= 15 is 0 Å². The molecule has 0 unspecified atom stereocenters. The maximum atomic E-state index is 6.16. The molecule has 0 amide bonds. The largest absolute Gasteiger partial charge is 0.500 e. The van der Waals surface area contributed by atoms with Crippen molar-refractivity contribution in [1.82, 2.24) is 0 Å². The van der Waals surface area contributed by atoms with Crippen molar-refractivity contribution >= 4 is 8.80 Å². The fourth-order valence-corrected chi connectivity index (χ4v) is 4.19. The first-order valence-electron chi connectivity index (χ1n) is 6.66. The predicted octanol–water partition coefficient (Wildman–Crippen LogP) is 2.55. The summed E-state index contributed by atoms with van der Waals surface area (Å²) < 4.78 is 17.3. The van der Waals surface area contributed by atoms with Crippen molar-refractivity contribution in [3.05, 3.63) is 0 Å². The molecular weight excluding hydrogens is 234 g/mol. The van der Waals surface area contributed by atoms with E-state index in [1.165, 1.54) is 0 Å². The van der Waals surface area contributed by atoms with Crippen LogP contribution in [0.5, 0.6) is 0 Å². The zero-order chi connectivity index (χ0) is 13.1. The standard InChI is InChI=1S/C12H29NO3Si/c1-5-8-12(9-6-2)16-17(14-3,15-4)11-7-10-13/h12H,5-11,13H2,1-4H3. The van der Waals surface area contributed by atoms with Gasteiger partial charge in [0.05, 0.1) is 0 Å². The Morgan fingerprint density at radius 2 is 1.59 bits per heavy atom. The highest BCUT2D eigenvalue weighted by atomic mass is 28.4. The van der Waals surface area contributed by atoms with Gasteiger partial charge in [-0.15, -0.1) is 0 Å². The van der Waals surface area contributed by atoms with E-state index in [4.69, 9.17) is 19.0 Å². The van der Waals surface area contributed by atoms with Crippen molar-refractivity contribution < 1.29 is 13.3 Å². The van der Waals surface area contributed by atoms with E-state index in [0.29, 0.717) is 6.54 Å². The Morgan fingerprint density at radius 3 is 1.94 bits per heavy atom. The van der Waals surface area contributed by atoms with Crippen LogP contribution in [0.1, 0.15) is 46.0 Å². The summed E-state index contributed by atoms with van der Waals surface area (Å²) in [5.41, 5.74) is 5.55. The van der Waals surface area contributed by atoms with Crippen molar-refractivity contribution in [3.8, 4) is 0 Å². The first kappa shape index (κ1) is 17.1. The van der Waals surface area contributed by atoms with Gasteiger partial charge < -0.3 is 19.0 Å². The summed E-state index contributed by atoms with van der Waals surface area (Å²) in [7, 11) is 0.882. The first-order valence-corrected chi connectivity index (χ1v) is 8.59. The average Bonchev–Trinajstić information content (AvgIpc) is 2.35. The third-order valence-corrected chi connectivity index (χ3v) is 5.78. The van der Waals surface area contributed by atoms with Crippen molar-refractivity contribution in [3.63, 3.8) is 0 Å². The van der Waals surface area contributed by atoms with Gasteiger partial charge in [-0.2, -0.15) is 0 Å². The lowest BCUT2D eigenvalue weighted by molar-refractivity contribution is 0.0463. The van der Waals surface area contributed by atoms with E-state index < -0.39 is 8.80 Å². The summed E-state index contributed by atoms with van der Waals surface area (Å²) in [6, 6.07) is 0.806. The van der Waals surface area contributed by atoms with E-state index in [2.05, 4.69) is 13.8 Å². The van der Waals surface area contributed by atoms with Crippen LogP contribution >= 0.6 is 0 Å². The summed E-state index contributed by atoms with van der Waals surface area (Å²) in [6.45, 7) is 5.00. The van der Waals surface area contributed by atoms with Gasteiger partial charge in [-0.1, -0.05) is 26.7 Å². The summed E-state index contributed by atoms with van der Waals surface area (Å²) in [5.74, 6) is 0. The maximum absolute atomic E-state index is 6.16. The van der Waals surface area contributed by atoms with Gasteiger partial charge in [-0.25, -0.2) is 0 Å². The van der Waals surface area contributed by atoms with Crippen LogP contribution in [-0.2, 0) is 13.3 Å². The molecule has 0 radical (unpaired) electrons. The number of hydrogen-bond acceptors (Lipinski definition) is 4. The Bertz CT molecular complexity index is 171. The van der Waals surface area contributed by atoms with Gasteiger partial charge in [0.15, 0.2) is 0 Å². The van der Waals surface area contributed by atoms with Gasteiger partial charge in [-0.05, 0) is 25.8 Å². The minimum absolute atomic E-state index is 0.259. The van der Waals surface area contributed by atoms with Gasteiger partial charge in [0.1, 0.15) is 0 Å². The minimum atomic E-state index is -2.48. The molecule has 104 valence electrons. The Morgan fingerprint density at radius 1 is 1.06 bits per heavy atom.